The first-order valence-electron chi connectivity index (χ1n) is 10.7. The molecule has 1 heterocycles. The van der Waals surface area contributed by atoms with Gasteiger partial charge in [0.05, 0.1) is 23.9 Å². The van der Waals surface area contributed by atoms with Crippen molar-refractivity contribution in [1.82, 2.24) is 14.5 Å². The van der Waals surface area contributed by atoms with Crippen LogP contribution in [0.1, 0.15) is 16.7 Å². The average molecular weight is 445 g/mol. The quantitative estimate of drug-likeness (QED) is 0.476. The highest BCUT2D eigenvalue weighted by Crippen LogP contribution is 2.15. The SMILES string of the molecule is CNC(=O)Cc1ccc(Cn2c(=O)n(CCc3ccccc3)c(=O)c3ccccc32)c(F)c1. The Balaban J connectivity index is 1.73. The summed E-state index contributed by atoms with van der Waals surface area (Å²) in [6.07, 6.45) is 0.595. The number of nitrogens with zero attached hydrogens (tertiary/aromatic N) is 2. The van der Waals surface area contributed by atoms with Gasteiger partial charge in [-0.1, -0.05) is 54.6 Å². The van der Waals surface area contributed by atoms with E-state index < -0.39 is 11.5 Å². The summed E-state index contributed by atoms with van der Waals surface area (Å²) >= 11 is 0. The number of hydrogen-bond donors (Lipinski definition) is 1. The van der Waals surface area contributed by atoms with Crippen LogP contribution in [0.5, 0.6) is 0 Å². The maximum absolute atomic E-state index is 14.9. The molecule has 1 amide bonds. The fourth-order valence-electron chi connectivity index (χ4n) is 3.88. The zero-order chi connectivity index (χ0) is 23.4. The largest absolute Gasteiger partial charge is 0.359 e. The third kappa shape index (κ3) is 4.77. The normalized spacial score (nSPS) is 11.0. The molecule has 0 saturated heterocycles. The number of benzene rings is 3. The third-order valence-corrected chi connectivity index (χ3v) is 5.69. The van der Waals surface area contributed by atoms with Crippen molar-refractivity contribution in [2.75, 3.05) is 7.05 Å². The lowest BCUT2D eigenvalue weighted by Crippen LogP contribution is -2.40. The molecule has 1 aromatic heterocycles. The Bertz CT molecular complexity index is 1420. The first-order valence-corrected chi connectivity index (χ1v) is 10.7. The van der Waals surface area contributed by atoms with Crippen molar-refractivity contribution < 1.29 is 9.18 Å². The maximum atomic E-state index is 14.9. The second-order valence-electron chi connectivity index (χ2n) is 7.85. The summed E-state index contributed by atoms with van der Waals surface area (Å²) < 4.78 is 17.5. The monoisotopic (exact) mass is 445 g/mol. The number of carbonyl (C=O) groups excluding carboxylic acids is 1. The van der Waals surface area contributed by atoms with Gasteiger partial charge in [0.15, 0.2) is 0 Å². The van der Waals surface area contributed by atoms with E-state index in [1.54, 1.807) is 36.4 Å². The minimum atomic E-state index is -0.505. The molecule has 1 N–H and O–H groups in total. The zero-order valence-corrected chi connectivity index (χ0v) is 18.3. The van der Waals surface area contributed by atoms with Crippen molar-refractivity contribution in [3.05, 3.63) is 116 Å². The summed E-state index contributed by atoms with van der Waals surface area (Å²) in [6.45, 7) is 0.192. The second-order valence-corrected chi connectivity index (χ2v) is 7.85. The van der Waals surface area contributed by atoms with Crippen LogP contribution in [0.25, 0.3) is 10.9 Å². The van der Waals surface area contributed by atoms with Crippen LogP contribution in [0.15, 0.2) is 82.4 Å². The molecule has 0 aliphatic carbocycles. The Morgan fingerprint density at radius 3 is 2.36 bits per heavy atom. The van der Waals surface area contributed by atoms with Crippen LogP contribution in [0, 0.1) is 5.82 Å². The van der Waals surface area contributed by atoms with E-state index in [0.29, 0.717) is 28.5 Å². The van der Waals surface area contributed by atoms with Gasteiger partial charge in [-0.25, -0.2) is 9.18 Å². The molecule has 0 aliphatic rings. The van der Waals surface area contributed by atoms with Crippen molar-refractivity contribution in [2.45, 2.75) is 25.9 Å². The van der Waals surface area contributed by atoms with Crippen LogP contribution in [0.3, 0.4) is 0 Å². The van der Waals surface area contributed by atoms with Gasteiger partial charge in [0.25, 0.3) is 5.56 Å². The minimum Gasteiger partial charge on any atom is -0.359 e. The van der Waals surface area contributed by atoms with Crippen LogP contribution >= 0.6 is 0 Å². The van der Waals surface area contributed by atoms with Gasteiger partial charge in [-0.05, 0) is 35.7 Å². The molecular formula is C26H24FN3O3. The second kappa shape index (κ2) is 9.65. The van der Waals surface area contributed by atoms with Gasteiger partial charge in [0.1, 0.15) is 5.82 Å². The Kier molecular flexibility index (Phi) is 6.49. The van der Waals surface area contributed by atoms with Crippen LogP contribution in [0.2, 0.25) is 0 Å². The van der Waals surface area contributed by atoms with E-state index in [4.69, 9.17) is 0 Å². The van der Waals surface area contributed by atoms with E-state index in [2.05, 4.69) is 5.32 Å². The highest BCUT2D eigenvalue weighted by molar-refractivity contribution is 5.78. The molecule has 4 rings (SSSR count). The molecule has 7 heteroatoms. The number of carbonyl (C=O) groups is 1. The molecule has 0 unspecified atom stereocenters. The van der Waals surface area contributed by atoms with E-state index in [1.807, 2.05) is 30.3 Å². The Morgan fingerprint density at radius 1 is 0.909 bits per heavy atom. The fraction of sp³-hybridized carbons (Fsp3) is 0.192. The average Bonchev–Trinajstić information content (AvgIpc) is 2.83. The lowest BCUT2D eigenvalue weighted by atomic mass is 10.1. The van der Waals surface area contributed by atoms with E-state index in [1.165, 1.54) is 22.2 Å². The summed E-state index contributed by atoms with van der Waals surface area (Å²) in [7, 11) is 1.53. The number of para-hydroxylation sites is 1. The number of aromatic nitrogens is 2. The van der Waals surface area contributed by atoms with Gasteiger partial charge in [-0.3, -0.25) is 18.7 Å². The van der Waals surface area contributed by atoms with E-state index >= 15 is 0 Å². The molecular weight excluding hydrogens is 421 g/mol. The van der Waals surface area contributed by atoms with Crippen LogP contribution in [-0.4, -0.2) is 22.1 Å². The number of fused-ring (bicyclic) bond motifs is 1. The number of likely N-dealkylation sites (N-methyl/N-ethyl adjacent to an activating group) is 1. The lowest BCUT2D eigenvalue weighted by Gasteiger charge is -2.15. The summed E-state index contributed by atoms with van der Waals surface area (Å²) in [4.78, 5) is 38.0. The highest BCUT2D eigenvalue weighted by atomic mass is 19.1. The topological polar surface area (TPSA) is 73.1 Å². The van der Waals surface area contributed by atoms with Gasteiger partial charge in [0, 0.05) is 19.2 Å². The van der Waals surface area contributed by atoms with Crippen LogP contribution in [0.4, 0.5) is 4.39 Å². The predicted molar refractivity (Wildman–Crippen MR) is 126 cm³/mol. The summed E-state index contributed by atoms with van der Waals surface area (Å²) in [5, 5.41) is 2.92. The minimum absolute atomic E-state index is 0.0307. The molecule has 4 aromatic rings. The molecule has 33 heavy (non-hydrogen) atoms. The molecule has 0 fully saturated rings. The molecule has 0 bridgehead atoms. The molecule has 0 saturated carbocycles. The third-order valence-electron chi connectivity index (χ3n) is 5.69. The number of nitrogens with one attached hydrogen (secondary N) is 1. The molecule has 0 spiro atoms. The van der Waals surface area contributed by atoms with Gasteiger partial charge in [-0.15, -0.1) is 0 Å². The Labute approximate surface area is 189 Å². The van der Waals surface area contributed by atoms with Crippen molar-refractivity contribution in [1.29, 1.82) is 0 Å². The number of rotatable bonds is 7. The van der Waals surface area contributed by atoms with Crippen molar-refractivity contribution >= 4 is 16.8 Å². The lowest BCUT2D eigenvalue weighted by molar-refractivity contribution is -0.119. The zero-order valence-electron chi connectivity index (χ0n) is 18.3. The van der Waals surface area contributed by atoms with Crippen LogP contribution < -0.4 is 16.6 Å². The summed E-state index contributed by atoms with van der Waals surface area (Å²) in [5.41, 5.74) is 1.48. The maximum Gasteiger partial charge on any atom is 0.331 e. The number of amides is 1. The van der Waals surface area contributed by atoms with Gasteiger partial charge in [-0.2, -0.15) is 0 Å². The van der Waals surface area contributed by atoms with E-state index in [0.717, 1.165) is 5.56 Å². The van der Waals surface area contributed by atoms with Gasteiger partial charge in [0.2, 0.25) is 5.91 Å². The Morgan fingerprint density at radius 2 is 1.64 bits per heavy atom. The highest BCUT2D eigenvalue weighted by Gasteiger charge is 2.15. The molecule has 168 valence electrons. The van der Waals surface area contributed by atoms with E-state index in [9.17, 15) is 18.8 Å². The van der Waals surface area contributed by atoms with E-state index in [-0.39, 0.29) is 31.0 Å². The fourth-order valence-corrected chi connectivity index (χ4v) is 3.88. The first-order chi connectivity index (χ1) is 16.0. The van der Waals surface area contributed by atoms with Crippen molar-refractivity contribution in [3.63, 3.8) is 0 Å². The molecule has 0 atom stereocenters. The number of halogens is 1. The summed E-state index contributed by atoms with van der Waals surface area (Å²) in [6, 6.07) is 21.0. The van der Waals surface area contributed by atoms with Crippen molar-refractivity contribution in [2.24, 2.45) is 0 Å². The molecule has 0 aliphatic heterocycles. The predicted octanol–water partition coefficient (Wildman–Crippen LogP) is 2.88. The smallest absolute Gasteiger partial charge is 0.331 e. The first kappa shape index (κ1) is 22.2. The van der Waals surface area contributed by atoms with Crippen LogP contribution in [-0.2, 0) is 30.7 Å². The van der Waals surface area contributed by atoms with Crippen molar-refractivity contribution in [3.8, 4) is 0 Å². The molecule has 3 aromatic carbocycles. The molecule has 0 radical (unpaired) electrons. The standard InChI is InChI=1S/C26H24FN3O3/c1-28-24(31)16-19-11-12-20(22(27)15-19)17-30-23-10-6-5-9-21(23)25(32)29(26(30)33)14-13-18-7-3-2-4-8-18/h2-12,15H,13-14,16-17H2,1H3,(H,28,31). The summed E-state index contributed by atoms with van der Waals surface area (Å²) in [5.74, 6) is -0.718. The number of aryl methyl sites for hydroxylation is 1. The van der Waals surface area contributed by atoms with Gasteiger partial charge < -0.3 is 5.32 Å². The number of hydrogen-bond acceptors (Lipinski definition) is 3. The molecule has 6 nitrogen and oxygen atoms in total. The Hall–Kier alpha value is -4.00. The van der Waals surface area contributed by atoms with Gasteiger partial charge >= 0.3 is 5.69 Å².